The highest BCUT2D eigenvalue weighted by molar-refractivity contribution is 4.84. The van der Waals surface area contributed by atoms with Gasteiger partial charge in [-0.3, -0.25) is 4.90 Å². The summed E-state index contributed by atoms with van der Waals surface area (Å²) >= 11 is 0. The third kappa shape index (κ3) is 5.25. The number of nitrogens with zero attached hydrogens (tertiary/aromatic N) is 2. The highest BCUT2D eigenvalue weighted by atomic mass is 15.3. The van der Waals surface area contributed by atoms with E-state index in [4.69, 9.17) is 0 Å². The van der Waals surface area contributed by atoms with Crippen LogP contribution in [0.1, 0.15) is 34.1 Å². The second-order valence-electron chi connectivity index (χ2n) is 6.46. The Bertz CT molecular complexity index is 216. The lowest BCUT2D eigenvalue weighted by Gasteiger charge is -2.44. The van der Waals surface area contributed by atoms with Gasteiger partial charge in [0.25, 0.3) is 0 Å². The number of nitrogens with one attached hydrogen (secondary N) is 1. The molecular formula is C15H33N3. The molecule has 108 valence electrons. The van der Waals surface area contributed by atoms with Crippen molar-refractivity contribution in [1.29, 1.82) is 0 Å². The van der Waals surface area contributed by atoms with Gasteiger partial charge in [-0.05, 0) is 38.4 Å². The average Bonchev–Trinajstić information content (AvgIpc) is 2.30. The van der Waals surface area contributed by atoms with E-state index in [9.17, 15) is 0 Å². The van der Waals surface area contributed by atoms with Gasteiger partial charge >= 0.3 is 0 Å². The van der Waals surface area contributed by atoms with E-state index in [2.05, 4.69) is 42.8 Å². The fourth-order valence-electron chi connectivity index (χ4n) is 2.96. The monoisotopic (exact) mass is 255 g/mol. The van der Waals surface area contributed by atoms with E-state index in [1.54, 1.807) is 0 Å². The van der Waals surface area contributed by atoms with Crippen LogP contribution >= 0.6 is 0 Å². The van der Waals surface area contributed by atoms with E-state index in [0.717, 1.165) is 24.4 Å². The summed E-state index contributed by atoms with van der Waals surface area (Å²) in [5.41, 5.74) is 0. The maximum absolute atomic E-state index is 3.25. The summed E-state index contributed by atoms with van der Waals surface area (Å²) in [6.07, 6.45) is 1.27. The van der Waals surface area contributed by atoms with Crippen LogP contribution in [-0.2, 0) is 0 Å². The molecule has 0 aromatic carbocycles. The second-order valence-corrected chi connectivity index (χ2v) is 6.46. The summed E-state index contributed by atoms with van der Waals surface area (Å²) < 4.78 is 0. The predicted octanol–water partition coefficient (Wildman–Crippen LogP) is 1.89. The van der Waals surface area contributed by atoms with Crippen LogP contribution in [0.2, 0.25) is 0 Å². The van der Waals surface area contributed by atoms with Crippen LogP contribution in [0.5, 0.6) is 0 Å². The zero-order chi connectivity index (χ0) is 13.5. The van der Waals surface area contributed by atoms with E-state index in [-0.39, 0.29) is 0 Å². The predicted molar refractivity (Wildman–Crippen MR) is 80.0 cm³/mol. The smallest absolute Gasteiger partial charge is 0.0246 e. The van der Waals surface area contributed by atoms with Crippen molar-refractivity contribution in [3.05, 3.63) is 0 Å². The Morgan fingerprint density at radius 3 is 2.44 bits per heavy atom. The molecule has 1 unspecified atom stereocenters. The molecule has 1 atom stereocenters. The van der Waals surface area contributed by atoms with Gasteiger partial charge < -0.3 is 10.2 Å². The molecule has 0 spiro atoms. The number of rotatable bonds is 7. The highest BCUT2D eigenvalue weighted by Gasteiger charge is 2.28. The lowest BCUT2D eigenvalue weighted by molar-refractivity contribution is 0.0438. The van der Waals surface area contributed by atoms with Gasteiger partial charge in [0.1, 0.15) is 0 Å². The lowest BCUT2D eigenvalue weighted by Crippen LogP contribution is -2.56. The van der Waals surface area contributed by atoms with E-state index in [1.165, 1.54) is 39.1 Å². The molecule has 0 amide bonds. The molecule has 0 radical (unpaired) electrons. The van der Waals surface area contributed by atoms with Crippen molar-refractivity contribution in [3.8, 4) is 0 Å². The first-order chi connectivity index (χ1) is 8.54. The van der Waals surface area contributed by atoms with Crippen LogP contribution < -0.4 is 5.32 Å². The van der Waals surface area contributed by atoms with Crippen molar-refractivity contribution in [1.82, 2.24) is 15.1 Å². The highest BCUT2D eigenvalue weighted by Crippen LogP contribution is 2.18. The molecule has 0 saturated carbocycles. The Morgan fingerprint density at radius 2 is 1.89 bits per heavy atom. The largest absolute Gasteiger partial charge is 0.320 e. The first kappa shape index (κ1) is 15.9. The normalized spacial score (nSPS) is 23.2. The van der Waals surface area contributed by atoms with Gasteiger partial charge in [-0.1, -0.05) is 27.7 Å². The number of hydrogen-bond acceptors (Lipinski definition) is 3. The first-order valence-corrected chi connectivity index (χ1v) is 7.65. The Morgan fingerprint density at radius 1 is 1.17 bits per heavy atom. The first-order valence-electron chi connectivity index (χ1n) is 7.65. The summed E-state index contributed by atoms with van der Waals surface area (Å²) in [7, 11) is 2.04. The molecule has 1 N–H and O–H groups in total. The van der Waals surface area contributed by atoms with Crippen molar-refractivity contribution in [2.75, 3.05) is 46.3 Å². The minimum absolute atomic E-state index is 0.745. The molecule has 0 bridgehead atoms. The molecule has 18 heavy (non-hydrogen) atoms. The summed E-state index contributed by atoms with van der Waals surface area (Å²) in [6, 6.07) is 0.745. The molecule has 1 rings (SSSR count). The van der Waals surface area contributed by atoms with Crippen molar-refractivity contribution in [2.45, 2.75) is 40.2 Å². The zero-order valence-corrected chi connectivity index (χ0v) is 13.1. The van der Waals surface area contributed by atoms with Crippen LogP contribution in [0.25, 0.3) is 0 Å². The molecular weight excluding hydrogens is 222 g/mol. The molecule has 3 heteroatoms. The van der Waals surface area contributed by atoms with E-state index < -0.39 is 0 Å². The third-order valence-electron chi connectivity index (χ3n) is 3.88. The third-order valence-corrected chi connectivity index (χ3v) is 3.88. The topological polar surface area (TPSA) is 18.5 Å². The van der Waals surface area contributed by atoms with Gasteiger partial charge in [-0.2, -0.15) is 0 Å². The summed E-state index contributed by atoms with van der Waals surface area (Å²) in [4.78, 5) is 5.36. The molecule has 3 nitrogen and oxygen atoms in total. The Labute approximate surface area is 114 Å². The van der Waals surface area contributed by atoms with Crippen molar-refractivity contribution in [2.24, 2.45) is 11.8 Å². The second kappa shape index (κ2) is 8.13. The standard InChI is InChI=1S/C15H33N3/c1-13(2)11-17-9-10-18(8-6-7-16-5)15(12-17)14(3)4/h13-16H,6-12H2,1-5H3. The maximum atomic E-state index is 3.25. The molecule has 1 fully saturated rings. The van der Waals surface area contributed by atoms with Gasteiger partial charge in [0.15, 0.2) is 0 Å². The van der Waals surface area contributed by atoms with Crippen molar-refractivity contribution >= 4 is 0 Å². The molecule has 0 aromatic heterocycles. The minimum atomic E-state index is 0.745. The Hall–Kier alpha value is -0.120. The zero-order valence-electron chi connectivity index (χ0n) is 13.1. The van der Waals surface area contributed by atoms with E-state index >= 15 is 0 Å². The SMILES string of the molecule is CNCCCN1CCN(CC(C)C)CC1C(C)C. The number of hydrogen-bond donors (Lipinski definition) is 1. The molecule has 1 aliphatic heterocycles. The molecule has 0 aliphatic carbocycles. The minimum Gasteiger partial charge on any atom is -0.320 e. The summed E-state index contributed by atoms with van der Waals surface area (Å²) in [5.74, 6) is 1.54. The fourth-order valence-corrected chi connectivity index (χ4v) is 2.96. The van der Waals surface area contributed by atoms with Gasteiger partial charge in [0.2, 0.25) is 0 Å². The molecule has 0 aromatic rings. The fraction of sp³-hybridized carbons (Fsp3) is 1.00. The maximum Gasteiger partial charge on any atom is 0.0246 e. The van der Waals surface area contributed by atoms with Crippen LogP contribution in [0.15, 0.2) is 0 Å². The lowest BCUT2D eigenvalue weighted by atomic mass is 9.98. The van der Waals surface area contributed by atoms with Crippen LogP contribution in [0.3, 0.4) is 0 Å². The van der Waals surface area contributed by atoms with Crippen molar-refractivity contribution in [3.63, 3.8) is 0 Å². The Balaban J connectivity index is 2.44. The summed E-state index contributed by atoms with van der Waals surface area (Å²) in [5, 5.41) is 3.25. The van der Waals surface area contributed by atoms with E-state index in [0.29, 0.717) is 0 Å². The summed E-state index contributed by atoms with van der Waals surface area (Å²) in [6.45, 7) is 16.8. The van der Waals surface area contributed by atoms with Crippen LogP contribution in [0.4, 0.5) is 0 Å². The molecule has 1 heterocycles. The number of piperazine rings is 1. The van der Waals surface area contributed by atoms with Crippen molar-refractivity contribution < 1.29 is 0 Å². The van der Waals surface area contributed by atoms with Crippen LogP contribution in [0, 0.1) is 11.8 Å². The Kier molecular flexibility index (Phi) is 7.20. The molecule has 1 aliphatic rings. The van der Waals surface area contributed by atoms with E-state index in [1.807, 2.05) is 7.05 Å². The van der Waals surface area contributed by atoms with Gasteiger partial charge in [0.05, 0.1) is 0 Å². The average molecular weight is 255 g/mol. The quantitative estimate of drug-likeness (QED) is 0.701. The van der Waals surface area contributed by atoms with Gasteiger partial charge in [0, 0.05) is 32.2 Å². The van der Waals surface area contributed by atoms with Crippen LogP contribution in [-0.4, -0.2) is 62.2 Å². The molecule has 1 saturated heterocycles. The van der Waals surface area contributed by atoms with Gasteiger partial charge in [-0.15, -0.1) is 0 Å². The van der Waals surface area contributed by atoms with Gasteiger partial charge in [-0.25, -0.2) is 0 Å².